The van der Waals surface area contributed by atoms with Gasteiger partial charge in [0.1, 0.15) is 5.60 Å². The van der Waals surface area contributed by atoms with Crippen molar-refractivity contribution in [1.82, 2.24) is 9.80 Å². The van der Waals surface area contributed by atoms with Gasteiger partial charge in [0.25, 0.3) is 0 Å². The van der Waals surface area contributed by atoms with Crippen LogP contribution in [0.3, 0.4) is 0 Å². The molecular weight excluding hydrogens is 318 g/mol. The van der Waals surface area contributed by atoms with Crippen molar-refractivity contribution in [2.75, 3.05) is 19.6 Å². The first-order valence-electron chi connectivity index (χ1n) is 9.62. The van der Waals surface area contributed by atoms with Crippen LogP contribution >= 0.6 is 0 Å². The summed E-state index contributed by atoms with van der Waals surface area (Å²) in [4.78, 5) is 29.3. The average molecular weight is 351 g/mol. The van der Waals surface area contributed by atoms with Gasteiger partial charge in [-0.1, -0.05) is 0 Å². The number of piperazine rings is 1. The van der Waals surface area contributed by atoms with E-state index in [0.717, 1.165) is 38.5 Å². The molecule has 0 aromatic rings. The van der Waals surface area contributed by atoms with Crippen LogP contribution in [0.1, 0.15) is 66.2 Å². The Hall–Kier alpha value is -1.30. The standard InChI is InChI=1S/C19H33N3O3/c1-14-13-21(11-12-22(14)16(24)25-17(2,3)4)15(23)18-5-8-19(20,9-6-18)10-7-18/h14H,5-13,20H2,1-4H3. The molecule has 4 aliphatic rings. The Kier molecular flexibility index (Phi) is 4.55. The summed E-state index contributed by atoms with van der Waals surface area (Å²) in [6.07, 6.45) is 5.37. The highest BCUT2D eigenvalue weighted by Crippen LogP contribution is 2.52. The lowest BCUT2D eigenvalue weighted by Gasteiger charge is -2.53. The van der Waals surface area contributed by atoms with Crippen molar-refractivity contribution in [1.29, 1.82) is 0 Å². The molecule has 1 aliphatic heterocycles. The first kappa shape index (κ1) is 18.5. The second-order valence-corrected chi connectivity index (χ2v) is 9.42. The number of rotatable bonds is 1. The minimum absolute atomic E-state index is 0.0231. The fourth-order valence-electron chi connectivity index (χ4n) is 4.60. The van der Waals surface area contributed by atoms with Crippen LogP contribution in [0.5, 0.6) is 0 Å². The molecule has 2 N–H and O–H groups in total. The van der Waals surface area contributed by atoms with Crippen LogP contribution < -0.4 is 5.73 Å². The smallest absolute Gasteiger partial charge is 0.410 e. The maximum absolute atomic E-state index is 13.2. The van der Waals surface area contributed by atoms with Crippen molar-refractivity contribution < 1.29 is 14.3 Å². The third-order valence-electron chi connectivity index (χ3n) is 6.30. The lowest BCUT2D eigenvalue weighted by atomic mass is 9.57. The molecule has 1 unspecified atom stereocenters. The summed E-state index contributed by atoms with van der Waals surface area (Å²) < 4.78 is 5.49. The molecule has 25 heavy (non-hydrogen) atoms. The molecule has 1 atom stereocenters. The second kappa shape index (κ2) is 6.15. The van der Waals surface area contributed by atoms with Gasteiger partial charge in [0, 0.05) is 36.6 Å². The first-order chi connectivity index (χ1) is 11.5. The van der Waals surface area contributed by atoms with Gasteiger partial charge in [0.05, 0.1) is 0 Å². The van der Waals surface area contributed by atoms with Crippen LogP contribution in [0.15, 0.2) is 0 Å². The van der Waals surface area contributed by atoms with E-state index in [1.807, 2.05) is 32.6 Å². The SMILES string of the molecule is CC1CN(C(=O)C23CCC(N)(CC2)CC3)CCN1C(=O)OC(C)(C)C. The van der Waals surface area contributed by atoms with Gasteiger partial charge in [0.2, 0.25) is 5.91 Å². The molecule has 142 valence electrons. The van der Waals surface area contributed by atoms with E-state index in [1.165, 1.54) is 0 Å². The van der Waals surface area contributed by atoms with Gasteiger partial charge in [-0.3, -0.25) is 4.79 Å². The highest BCUT2D eigenvalue weighted by Gasteiger charge is 2.52. The predicted octanol–water partition coefficient (Wildman–Crippen LogP) is 2.51. The van der Waals surface area contributed by atoms with Gasteiger partial charge >= 0.3 is 6.09 Å². The summed E-state index contributed by atoms with van der Waals surface area (Å²) in [5, 5.41) is 0. The molecule has 1 heterocycles. The van der Waals surface area contributed by atoms with E-state index in [-0.39, 0.29) is 29.0 Å². The molecule has 6 heteroatoms. The van der Waals surface area contributed by atoms with E-state index in [0.29, 0.717) is 19.6 Å². The number of amides is 2. The minimum Gasteiger partial charge on any atom is -0.444 e. The number of hydrogen-bond acceptors (Lipinski definition) is 4. The fourth-order valence-corrected chi connectivity index (χ4v) is 4.60. The summed E-state index contributed by atoms with van der Waals surface area (Å²) in [5.74, 6) is 0.282. The predicted molar refractivity (Wildman–Crippen MR) is 96.0 cm³/mol. The zero-order valence-electron chi connectivity index (χ0n) is 16.1. The first-order valence-corrected chi connectivity index (χ1v) is 9.62. The molecule has 0 radical (unpaired) electrons. The van der Waals surface area contributed by atoms with Gasteiger partial charge in [-0.2, -0.15) is 0 Å². The zero-order valence-corrected chi connectivity index (χ0v) is 16.1. The van der Waals surface area contributed by atoms with Crippen LogP contribution in [0.25, 0.3) is 0 Å². The Balaban J connectivity index is 1.61. The molecule has 0 spiro atoms. The maximum Gasteiger partial charge on any atom is 0.410 e. The summed E-state index contributed by atoms with van der Waals surface area (Å²) in [6, 6.07) is -0.0234. The lowest BCUT2D eigenvalue weighted by Crippen LogP contribution is -2.61. The molecule has 1 saturated heterocycles. The van der Waals surface area contributed by atoms with Crippen molar-refractivity contribution in [3.8, 4) is 0 Å². The molecular formula is C19H33N3O3. The van der Waals surface area contributed by atoms with Gasteiger partial charge in [-0.15, -0.1) is 0 Å². The Morgan fingerprint density at radius 2 is 1.60 bits per heavy atom. The summed E-state index contributed by atoms with van der Waals surface area (Å²) in [5.41, 5.74) is 5.65. The molecule has 6 nitrogen and oxygen atoms in total. The summed E-state index contributed by atoms with van der Waals surface area (Å²) in [7, 11) is 0. The van der Waals surface area contributed by atoms with Crippen molar-refractivity contribution in [2.45, 2.75) is 83.4 Å². The van der Waals surface area contributed by atoms with Crippen LogP contribution in [-0.4, -0.2) is 58.6 Å². The zero-order chi connectivity index (χ0) is 18.5. The van der Waals surface area contributed by atoms with Crippen LogP contribution in [-0.2, 0) is 9.53 Å². The topological polar surface area (TPSA) is 75.9 Å². The normalized spacial score (nSPS) is 35.6. The Morgan fingerprint density at radius 1 is 1.04 bits per heavy atom. The Labute approximate surface area is 151 Å². The van der Waals surface area contributed by atoms with Gasteiger partial charge in [-0.25, -0.2) is 4.79 Å². The van der Waals surface area contributed by atoms with Crippen LogP contribution in [0, 0.1) is 5.41 Å². The second-order valence-electron chi connectivity index (χ2n) is 9.42. The van der Waals surface area contributed by atoms with Crippen LogP contribution in [0.4, 0.5) is 4.79 Å². The van der Waals surface area contributed by atoms with E-state index < -0.39 is 5.60 Å². The molecule has 2 amide bonds. The summed E-state index contributed by atoms with van der Waals surface area (Å²) >= 11 is 0. The number of carbonyl (C=O) groups excluding carboxylic acids is 2. The number of nitrogens with two attached hydrogens (primary N) is 1. The highest BCUT2D eigenvalue weighted by molar-refractivity contribution is 5.83. The molecule has 3 aliphatic carbocycles. The van der Waals surface area contributed by atoms with Crippen molar-refractivity contribution in [2.24, 2.45) is 11.1 Å². The highest BCUT2D eigenvalue weighted by atomic mass is 16.6. The lowest BCUT2D eigenvalue weighted by molar-refractivity contribution is -0.152. The number of ether oxygens (including phenoxy) is 1. The number of carbonyl (C=O) groups is 2. The minimum atomic E-state index is -0.498. The molecule has 0 aromatic heterocycles. The number of hydrogen-bond donors (Lipinski definition) is 1. The van der Waals surface area contributed by atoms with Gasteiger partial charge in [-0.05, 0) is 66.2 Å². The van der Waals surface area contributed by atoms with E-state index in [1.54, 1.807) is 4.90 Å². The molecule has 4 fully saturated rings. The largest absolute Gasteiger partial charge is 0.444 e. The van der Waals surface area contributed by atoms with E-state index in [4.69, 9.17) is 10.5 Å². The fraction of sp³-hybridized carbons (Fsp3) is 0.895. The Morgan fingerprint density at radius 3 is 2.08 bits per heavy atom. The summed E-state index contributed by atoms with van der Waals surface area (Å²) in [6.45, 7) is 9.34. The third kappa shape index (κ3) is 3.64. The molecule has 4 rings (SSSR count). The average Bonchev–Trinajstić information content (AvgIpc) is 2.53. The van der Waals surface area contributed by atoms with E-state index in [2.05, 4.69) is 0 Å². The van der Waals surface area contributed by atoms with Crippen molar-refractivity contribution >= 4 is 12.0 Å². The number of fused-ring (bicyclic) bond motifs is 3. The molecule has 2 bridgehead atoms. The maximum atomic E-state index is 13.2. The van der Waals surface area contributed by atoms with Crippen LogP contribution in [0.2, 0.25) is 0 Å². The van der Waals surface area contributed by atoms with Crippen molar-refractivity contribution in [3.05, 3.63) is 0 Å². The quantitative estimate of drug-likeness (QED) is 0.787. The van der Waals surface area contributed by atoms with E-state index >= 15 is 0 Å². The van der Waals surface area contributed by atoms with E-state index in [9.17, 15) is 9.59 Å². The Bertz CT molecular complexity index is 530. The van der Waals surface area contributed by atoms with Crippen molar-refractivity contribution in [3.63, 3.8) is 0 Å². The number of nitrogens with zero attached hydrogens (tertiary/aromatic N) is 2. The molecule has 0 aromatic carbocycles. The van der Waals surface area contributed by atoms with Gasteiger partial charge in [0.15, 0.2) is 0 Å². The van der Waals surface area contributed by atoms with Gasteiger partial charge < -0.3 is 20.3 Å². The molecule has 3 saturated carbocycles. The monoisotopic (exact) mass is 351 g/mol. The third-order valence-corrected chi connectivity index (χ3v) is 6.30.